The molecule has 2 rings (SSSR count). The summed E-state index contributed by atoms with van der Waals surface area (Å²) >= 11 is 0. The molecule has 0 spiro atoms. The van der Waals surface area contributed by atoms with Gasteiger partial charge in [-0.2, -0.15) is 0 Å². The number of benzene rings is 1. The van der Waals surface area contributed by atoms with E-state index in [4.69, 9.17) is 4.74 Å². The molecule has 1 aromatic carbocycles. The Morgan fingerprint density at radius 3 is 2.95 bits per heavy atom. The van der Waals surface area contributed by atoms with Crippen molar-refractivity contribution in [2.45, 2.75) is 19.6 Å². The molecule has 2 aromatic rings. The predicted molar refractivity (Wildman–Crippen MR) is 78.7 cm³/mol. The van der Waals surface area contributed by atoms with E-state index in [9.17, 15) is 4.79 Å². The number of hydrogen-bond donors (Lipinski definition) is 1. The molecule has 0 aliphatic rings. The zero-order valence-electron chi connectivity index (χ0n) is 11.9. The highest BCUT2D eigenvalue weighted by Crippen LogP contribution is 2.11. The molecule has 1 amide bonds. The molecule has 6 nitrogen and oxygen atoms in total. The molecule has 0 bridgehead atoms. The number of carbonyl (C=O) groups excluding carboxylic acids is 1. The Morgan fingerprint density at radius 2 is 2.24 bits per heavy atom. The highest BCUT2D eigenvalue weighted by atomic mass is 16.5. The number of hydrogen-bond acceptors (Lipinski definition) is 4. The Morgan fingerprint density at radius 1 is 1.48 bits per heavy atom. The molecule has 1 atom stereocenters. The molecule has 0 saturated carbocycles. The van der Waals surface area contributed by atoms with E-state index in [2.05, 4.69) is 22.2 Å². The number of ether oxygens (including phenoxy) is 1. The minimum absolute atomic E-state index is 0.129. The number of nitrogens with one attached hydrogen (secondary N) is 1. The number of nitrogens with zero attached hydrogens (tertiary/aromatic N) is 3. The van der Waals surface area contributed by atoms with Crippen molar-refractivity contribution in [3.8, 4) is 5.75 Å². The van der Waals surface area contributed by atoms with Crippen molar-refractivity contribution in [2.75, 3.05) is 6.54 Å². The lowest BCUT2D eigenvalue weighted by atomic mass is 10.3. The average Bonchev–Trinajstić information content (AvgIpc) is 2.99. The van der Waals surface area contributed by atoms with Crippen LogP contribution in [0.15, 0.2) is 49.2 Å². The van der Waals surface area contributed by atoms with Crippen molar-refractivity contribution < 1.29 is 9.53 Å². The van der Waals surface area contributed by atoms with E-state index < -0.39 is 6.04 Å². The molecule has 1 unspecified atom stereocenters. The number of amides is 1. The van der Waals surface area contributed by atoms with E-state index in [1.165, 1.54) is 4.68 Å². The van der Waals surface area contributed by atoms with Gasteiger partial charge in [-0.15, -0.1) is 11.7 Å². The first kappa shape index (κ1) is 14.8. The van der Waals surface area contributed by atoms with Crippen LogP contribution in [-0.2, 0) is 11.4 Å². The average molecular weight is 286 g/mol. The summed E-state index contributed by atoms with van der Waals surface area (Å²) in [6.07, 6.45) is 3.34. The van der Waals surface area contributed by atoms with Gasteiger partial charge in [0, 0.05) is 6.54 Å². The van der Waals surface area contributed by atoms with Crippen LogP contribution in [-0.4, -0.2) is 27.4 Å². The van der Waals surface area contributed by atoms with Crippen molar-refractivity contribution in [1.29, 1.82) is 0 Å². The van der Waals surface area contributed by atoms with Crippen molar-refractivity contribution in [1.82, 2.24) is 20.3 Å². The van der Waals surface area contributed by atoms with Gasteiger partial charge in [-0.1, -0.05) is 29.5 Å². The molecule has 110 valence electrons. The summed E-state index contributed by atoms with van der Waals surface area (Å²) in [6.45, 7) is 6.06. The van der Waals surface area contributed by atoms with Crippen LogP contribution in [0.1, 0.15) is 18.7 Å². The third kappa shape index (κ3) is 4.17. The Kier molecular flexibility index (Phi) is 5.09. The number of aromatic nitrogens is 3. The van der Waals surface area contributed by atoms with Crippen LogP contribution in [0, 0.1) is 0 Å². The molecule has 0 aliphatic carbocycles. The molecule has 21 heavy (non-hydrogen) atoms. The smallest absolute Gasteiger partial charge is 0.244 e. The molecule has 0 saturated heterocycles. The number of carbonyl (C=O) groups is 1. The first-order chi connectivity index (χ1) is 10.2. The first-order valence-corrected chi connectivity index (χ1v) is 6.68. The Balaban J connectivity index is 1.91. The zero-order chi connectivity index (χ0) is 15.1. The quantitative estimate of drug-likeness (QED) is 0.787. The largest absolute Gasteiger partial charge is 0.487 e. The van der Waals surface area contributed by atoms with Crippen molar-refractivity contribution in [2.24, 2.45) is 0 Å². The minimum Gasteiger partial charge on any atom is -0.487 e. The van der Waals surface area contributed by atoms with Crippen LogP contribution >= 0.6 is 0 Å². The van der Waals surface area contributed by atoms with Crippen LogP contribution < -0.4 is 10.1 Å². The van der Waals surface area contributed by atoms with Gasteiger partial charge in [0.05, 0.1) is 6.20 Å². The second-order valence-corrected chi connectivity index (χ2v) is 4.50. The third-order valence-corrected chi connectivity index (χ3v) is 2.88. The van der Waals surface area contributed by atoms with E-state index in [1.807, 2.05) is 30.3 Å². The van der Waals surface area contributed by atoms with E-state index >= 15 is 0 Å². The molecule has 0 fully saturated rings. The van der Waals surface area contributed by atoms with Crippen molar-refractivity contribution in [3.63, 3.8) is 0 Å². The highest BCUT2D eigenvalue weighted by Gasteiger charge is 2.15. The van der Waals surface area contributed by atoms with Gasteiger partial charge < -0.3 is 10.1 Å². The lowest BCUT2D eigenvalue weighted by molar-refractivity contribution is -0.123. The predicted octanol–water partition coefficient (Wildman–Crippen LogP) is 1.72. The second-order valence-electron chi connectivity index (χ2n) is 4.50. The minimum atomic E-state index is -0.428. The molecule has 1 aromatic heterocycles. The van der Waals surface area contributed by atoms with Crippen LogP contribution in [0.4, 0.5) is 0 Å². The Hall–Kier alpha value is -2.63. The maximum atomic E-state index is 11.8. The van der Waals surface area contributed by atoms with Gasteiger partial charge in [-0.05, 0) is 19.1 Å². The summed E-state index contributed by atoms with van der Waals surface area (Å²) in [7, 11) is 0. The summed E-state index contributed by atoms with van der Waals surface area (Å²) in [6, 6.07) is 9.04. The van der Waals surface area contributed by atoms with Crippen LogP contribution in [0.3, 0.4) is 0 Å². The lowest BCUT2D eigenvalue weighted by Crippen LogP contribution is -2.31. The molecular weight excluding hydrogens is 268 g/mol. The van der Waals surface area contributed by atoms with Crippen LogP contribution in [0.2, 0.25) is 0 Å². The topological polar surface area (TPSA) is 69.0 Å². The van der Waals surface area contributed by atoms with Crippen molar-refractivity contribution in [3.05, 3.63) is 54.9 Å². The monoisotopic (exact) mass is 286 g/mol. The number of para-hydroxylation sites is 1. The van der Waals surface area contributed by atoms with Crippen LogP contribution in [0.5, 0.6) is 5.75 Å². The fourth-order valence-electron chi connectivity index (χ4n) is 1.68. The molecule has 0 radical (unpaired) electrons. The molecule has 6 heteroatoms. The van der Waals surface area contributed by atoms with Gasteiger partial charge in [0.25, 0.3) is 0 Å². The fourth-order valence-corrected chi connectivity index (χ4v) is 1.68. The summed E-state index contributed by atoms with van der Waals surface area (Å²) in [4.78, 5) is 11.8. The summed E-state index contributed by atoms with van der Waals surface area (Å²) in [5.41, 5.74) is 0.669. The molecular formula is C15H18N4O2. The van der Waals surface area contributed by atoms with Gasteiger partial charge in [0.2, 0.25) is 5.91 Å². The first-order valence-electron chi connectivity index (χ1n) is 6.68. The molecule has 1 N–H and O–H groups in total. The summed E-state index contributed by atoms with van der Waals surface area (Å²) < 4.78 is 7.10. The third-order valence-electron chi connectivity index (χ3n) is 2.88. The normalized spacial score (nSPS) is 11.7. The van der Waals surface area contributed by atoms with Crippen molar-refractivity contribution >= 4 is 5.91 Å². The highest BCUT2D eigenvalue weighted by molar-refractivity contribution is 5.79. The second kappa shape index (κ2) is 7.23. The van der Waals surface area contributed by atoms with E-state index in [-0.39, 0.29) is 5.91 Å². The van der Waals surface area contributed by atoms with E-state index in [0.29, 0.717) is 18.8 Å². The van der Waals surface area contributed by atoms with E-state index in [0.717, 1.165) is 5.75 Å². The fraction of sp³-hybridized carbons (Fsp3) is 0.267. The zero-order valence-corrected chi connectivity index (χ0v) is 11.9. The summed E-state index contributed by atoms with van der Waals surface area (Å²) in [5, 5.41) is 10.7. The van der Waals surface area contributed by atoms with E-state index in [1.54, 1.807) is 19.2 Å². The Labute approximate surface area is 123 Å². The van der Waals surface area contributed by atoms with Gasteiger partial charge >= 0.3 is 0 Å². The lowest BCUT2D eigenvalue weighted by Gasteiger charge is -2.10. The summed E-state index contributed by atoms with van der Waals surface area (Å²) in [5.74, 6) is 0.638. The van der Waals surface area contributed by atoms with Crippen LogP contribution in [0.25, 0.3) is 0 Å². The maximum absolute atomic E-state index is 11.8. The molecule has 1 heterocycles. The number of rotatable bonds is 7. The van der Waals surface area contributed by atoms with Gasteiger partial charge in [0.1, 0.15) is 24.1 Å². The Bertz CT molecular complexity index is 595. The van der Waals surface area contributed by atoms with Gasteiger partial charge in [-0.3, -0.25) is 4.79 Å². The standard InChI is InChI=1S/C15H18N4O2/c1-3-9-16-15(20)12(2)19-10-13(17-18-19)11-21-14-7-5-4-6-8-14/h3-8,10,12H,1,9,11H2,2H3,(H,16,20). The van der Waals surface area contributed by atoms with Gasteiger partial charge in [-0.25, -0.2) is 4.68 Å². The maximum Gasteiger partial charge on any atom is 0.244 e. The SMILES string of the molecule is C=CCNC(=O)C(C)n1cc(COc2ccccc2)nn1. The molecule has 0 aliphatic heterocycles. The van der Waals surface area contributed by atoms with Gasteiger partial charge in [0.15, 0.2) is 0 Å².